The average molecular weight is 353 g/mol. The van der Waals surface area contributed by atoms with Crippen LogP contribution in [0.3, 0.4) is 0 Å². The molecule has 5 heteroatoms. The minimum absolute atomic E-state index is 0.486. The van der Waals surface area contributed by atoms with Gasteiger partial charge in [0.1, 0.15) is 5.15 Å². The molecule has 2 heterocycles. The summed E-state index contributed by atoms with van der Waals surface area (Å²) in [7, 11) is 0. The van der Waals surface area contributed by atoms with E-state index in [0.717, 1.165) is 54.6 Å². The first-order valence-corrected chi connectivity index (χ1v) is 8.97. The summed E-state index contributed by atoms with van der Waals surface area (Å²) in [5.41, 5.74) is 4.48. The van der Waals surface area contributed by atoms with Crippen LogP contribution in [0.4, 0.5) is 0 Å². The first-order valence-electron chi connectivity index (χ1n) is 8.59. The highest BCUT2D eigenvalue weighted by Gasteiger charge is 2.10. The van der Waals surface area contributed by atoms with Crippen LogP contribution in [0, 0.1) is 11.3 Å². The van der Waals surface area contributed by atoms with Gasteiger partial charge in [0.25, 0.3) is 0 Å². The van der Waals surface area contributed by atoms with Gasteiger partial charge in [-0.25, -0.2) is 4.98 Å². The third-order valence-electron chi connectivity index (χ3n) is 4.21. The van der Waals surface area contributed by atoms with Gasteiger partial charge in [-0.3, -0.25) is 0 Å². The van der Waals surface area contributed by atoms with Crippen molar-refractivity contribution in [1.29, 1.82) is 5.26 Å². The van der Waals surface area contributed by atoms with E-state index in [4.69, 9.17) is 16.9 Å². The van der Waals surface area contributed by atoms with Crippen molar-refractivity contribution in [2.45, 2.75) is 26.3 Å². The molecule has 0 unspecified atom stereocenters. The number of halogens is 1. The van der Waals surface area contributed by atoms with E-state index in [1.54, 1.807) is 12.1 Å². The van der Waals surface area contributed by atoms with E-state index < -0.39 is 0 Å². The molecule has 0 amide bonds. The van der Waals surface area contributed by atoms with Crippen LogP contribution in [0.15, 0.2) is 42.6 Å². The third-order valence-corrected chi connectivity index (χ3v) is 4.50. The molecule has 0 aliphatic rings. The molecule has 1 N–H and O–H groups in total. The lowest BCUT2D eigenvalue weighted by Crippen LogP contribution is -2.17. The average Bonchev–Trinajstić information content (AvgIpc) is 3.03. The summed E-state index contributed by atoms with van der Waals surface area (Å²) in [6.45, 7) is 5.19. The highest BCUT2D eigenvalue weighted by atomic mass is 35.5. The van der Waals surface area contributed by atoms with Crippen molar-refractivity contribution in [3.05, 3.63) is 53.3 Å². The Morgan fingerprint density at radius 2 is 2.00 bits per heavy atom. The molecule has 4 nitrogen and oxygen atoms in total. The molecule has 3 aromatic rings. The lowest BCUT2D eigenvalue weighted by Gasteiger charge is -2.09. The molecule has 25 heavy (non-hydrogen) atoms. The zero-order valence-electron chi connectivity index (χ0n) is 14.3. The number of benzene rings is 1. The van der Waals surface area contributed by atoms with Crippen molar-refractivity contribution in [2.24, 2.45) is 0 Å². The van der Waals surface area contributed by atoms with Crippen molar-refractivity contribution in [1.82, 2.24) is 14.9 Å². The predicted octanol–water partition coefficient (Wildman–Crippen LogP) is 4.62. The number of hydrogen-bond donors (Lipinski definition) is 1. The summed E-state index contributed by atoms with van der Waals surface area (Å²) in [6, 6.07) is 13.6. The van der Waals surface area contributed by atoms with Crippen molar-refractivity contribution < 1.29 is 0 Å². The smallest absolute Gasteiger partial charge is 0.137 e. The number of nitriles is 1. The quantitative estimate of drug-likeness (QED) is 0.498. The molecule has 0 spiro atoms. The van der Waals surface area contributed by atoms with Gasteiger partial charge < -0.3 is 9.88 Å². The molecule has 0 radical (unpaired) electrons. The summed E-state index contributed by atoms with van der Waals surface area (Å²) in [5.74, 6) is 0. The standard InChI is InChI=1S/C20H21ClN4/c1-2-9-23-10-3-11-25-12-8-18-19(25)13-17(20(21)24-18)16-6-4-15(14-22)5-7-16/h4-8,12-13,23H,2-3,9-11H2,1H3. The van der Waals surface area contributed by atoms with Gasteiger partial charge in [-0.15, -0.1) is 0 Å². The molecular weight excluding hydrogens is 332 g/mol. The molecule has 0 aliphatic carbocycles. The Morgan fingerprint density at radius 1 is 1.20 bits per heavy atom. The SMILES string of the molecule is CCCNCCCn1ccc2nc(Cl)c(-c3ccc(C#N)cc3)cc21. The van der Waals surface area contributed by atoms with Gasteiger partial charge in [-0.1, -0.05) is 30.7 Å². The summed E-state index contributed by atoms with van der Waals surface area (Å²) in [5, 5.41) is 12.9. The fraction of sp³-hybridized carbons (Fsp3) is 0.300. The monoisotopic (exact) mass is 352 g/mol. The zero-order chi connectivity index (χ0) is 17.6. The fourth-order valence-electron chi connectivity index (χ4n) is 2.88. The first kappa shape index (κ1) is 17.5. The maximum Gasteiger partial charge on any atom is 0.137 e. The number of aryl methyl sites for hydroxylation is 1. The van der Waals surface area contributed by atoms with Crippen molar-refractivity contribution in [3.8, 4) is 17.2 Å². The van der Waals surface area contributed by atoms with Gasteiger partial charge in [-0.2, -0.15) is 5.26 Å². The molecular formula is C20H21ClN4. The lowest BCUT2D eigenvalue weighted by atomic mass is 10.1. The number of rotatable bonds is 7. The minimum Gasteiger partial charge on any atom is -0.346 e. The van der Waals surface area contributed by atoms with Crippen molar-refractivity contribution >= 4 is 22.6 Å². The van der Waals surface area contributed by atoms with Crippen LogP contribution >= 0.6 is 11.6 Å². The van der Waals surface area contributed by atoms with Gasteiger partial charge in [0.15, 0.2) is 0 Å². The summed E-state index contributed by atoms with van der Waals surface area (Å²) < 4.78 is 2.22. The molecule has 3 rings (SSSR count). The predicted molar refractivity (Wildman–Crippen MR) is 103 cm³/mol. The molecule has 0 saturated heterocycles. The van der Waals surface area contributed by atoms with Gasteiger partial charge in [0, 0.05) is 18.3 Å². The lowest BCUT2D eigenvalue weighted by molar-refractivity contribution is 0.587. The first-order chi connectivity index (χ1) is 12.2. The molecule has 0 fully saturated rings. The summed E-state index contributed by atoms with van der Waals surface area (Å²) in [6.07, 6.45) is 4.29. The van der Waals surface area contributed by atoms with E-state index in [0.29, 0.717) is 10.7 Å². The van der Waals surface area contributed by atoms with Gasteiger partial charge in [0.05, 0.1) is 22.7 Å². The van der Waals surface area contributed by atoms with E-state index in [9.17, 15) is 0 Å². The number of nitrogens with one attached hydrogen (secondary N) is 1. The Labute approximate surface area is 153 Å². The minimum atomic E-state index is 0.486. The second-order valence-corrected chi connectivity index (χ2v) is 6.39. The number of pyridine rings is 1. The molecule has 0 atom stereocenters. The highest BCUT2D eigenvalue weighted by molar-refractivity contribution is 6.32. The topological polar surface area (TPSA) is 53.6 Å². The molecule has 0 saturated carbocycles. The molecule has 1 aromatic carbocycles. The van der Waals surface area contributed by atoms with Crippen molar-refractivity contribution in [2.75, 3.05) is 13.1 Å². The van der Waals surface area contributed by atoms with Crippen LogP contribution in [0.1, 0.15) is 25.3 Å². The number of aromatic nitrogens is 2. The molecule has 2 aromatic heterocycles. The Bertz CT molecular complexity index is 890. The van der Waals surface area contributed by atoms with Crippen LogP contribution in [-0.4, -0.2) is 22.6 Å². The molecule has 0 aliphatic heterocycles. The third kappa shape index (κ3) is 4.01. The van der Waals surface area contributed by atoms with Gasteiger partial charge in [-0.05, 0) is 55.8 Å². The number of fused-ring (bicyclic) bond motifs is 1. The van der Waals surface area contributed by atoms with E-state index in [1.807, 2.05) is 18.2 Å². The van der Waals surface area contributed by atoms with Crippen LogP contribution in [0.25, 0.3) is 22.2 Å². The van der Waals surface area contributed by atoms with Crippen LogP contribution in [0.2, 0.25) is 5.15 Å². The number of hydrogen-bond acceptors (Lipinski definition) is 3. The second-order valence-electron chi connectivity index (χ2n) is 6.03. The second kappa shape index (κ2) is 8.15. The van der Waals surface area contributed by atoms with Crippen LogP contribution in [0.5, 0.6) is 0 Å². The van der Waals surface area contributed by atoms with E-state index >= 15 is 0 Å². The molecule has 128 valence electrons. The largest absolute Gasteiger partial charge is 0.346 e. The van der Waals surface area contributed by atoms with E-state index in [1.165, 1.54) is 0 Å². The zero-order valence-corrected chi connectivity index (χ0v) is 15.1. The normalized spacial score (nSPS) is 10.9. The van der Waals surface area contributed by atoms with E-state index in [2.05, 4.69) is 40.1 Å². The van der Waals surface area contributed by atoms with Crippen LogP contribution in [-0.2, 0) is 6.54 Å². The molecule has 0 bridgehead atoms. The van der Waals surface area contributed by atoms with Gasteiger partial charge in [0.2, 0.25) is 0 Å². The number of nitrogens with zero attached hydrogens (tertiary/aromatic N) is 3. The Kier molecular flexibility index (Phi) is 5.70. The maximum atomic E-state index is 8.94. The highest BCUT2D eigenvalue weighted by Crippen LogP contribution is 2.30. The fourth-order valence-corrected chi connectivity index (χ4v) is 3.14. The van der Waals surface area contributed by atoms with Crippen LogP contribution < -0.4 is 5.32 Å². The summed E-state index contributed by atoms with van der Waals surface area (Å²) >= 11 is 6.39. The Hall–Kier alpha value is -2.35. The Balaban J connectivity index is 1.85. The van der Waals surface area contributed by atoms with E-state index in [-0.39, 0.29) is 0 Å². The summed E-state index contributed by atoms with van der Waals surface area (Å²) in [4.78, 5) is 4.54. The maximum absolute atomic E-state index is 8.94. The Morgan fingerprint density at radius 3 is 2.72 bits per heavy atom. The van der Waals surface area contributed by atoms with Crippen molar-refractivity contribution in [3.63, 3.8) is 0 Å². The van der Waals surface area contributed by atoms with Gasteiger partial charge >= 0.3 is 0 Å².